The summed E-state index contributed by atoms with van der Waals surface area (Å²) in [6, 6.07) is 14.9. The highest BCUT2D eigenvalue weighted by atomic mass is 35.5. The van der Waals surface area contributed by atoms with Gasteiger partial charge < -0.3 is 14.6 Å². The van der Waals surface area contributed by atoms with Crippen molar-refractivity contribution in [3.8, 4) is 0 Å². The summed E-state index contributed by atoms with van der Waals surface area (Å²) in [6.45, 7) is 2.22. The summed E-state index contributed by atoms with van der Waals surface area (Å²) in [5.74, 6) is 0.357. The van der Waals surface area contributed by atoms with Gasteiger partial charge in [-0.15, -0.1) is 0 Å². The second-order valence-corrected chi connectivity index (χ2v) is 8.14. The van der Waals surface area contributed by atoms with Gasteiger partial charge in [-0.1, -0.05) is 35.9 Å². The van der Waals surface area contributed by atoms with Gasteiger partial charge in [0.1, 0.15) is 0 Å². The van der Waals surface area contributed by atoms with E-state index in [0.717, 1.165) is 37.0 Å². The number of anilines is 1. The minimum absolute atomic E-state index is 0.0221. The van der Waals surface area contributed by atoms with Crippen LogP contribution in [0, 0.1) is 5.92 Å². The number of hydrogen-bond donors (Lipinski definition) is 1. The zero-order chi connectivity index (χ0) is 20.9. The Labute approximate surface area is 180 Å². The van der Waals surface area contributed by atoms with Gasteiger partial charge in [0.15, 0.2) is 0 Å². The molecule has 0 unspecified atom stereocenters. The Hall–Kier alpha value is -2.63. The van der Waals surface area contributed by atoms with Crippen LogP contribution >= 0.6 is 11.6 Å². The Kier molecular flexibility index (Phi) is 6.50. The Bertz CT molecular complexity index is 1100. The van der Waals surface area contributed by atoms with Crippen molar-refractivity contribution in [1.29, 1.82) is 0 Å². The summed E-state index contributed by atoms with van der Waals surface area (Å²) < 4.78 is 7.19. The molecule has 2 aromatic carbocycles. The van der Waals surface area contributed by atoms with Crippen LogP contribution in [-0.2, 0) is 22.5 Å². The van der Waals surface area contributed by atoms with E-state index in [0.29, 0.717) is 41.4 Å². The number of pyridine rings is 1. The first-order valence-corrected chi connectivity index (χ1v) is 10.7. The number of halogens is 1. The second-order valence-electron chi connectivity index (χ2n) is 7.74. The largest absolute Gasteiger partial charge is 0.381 e. The highest BCUT2D eigenvalue weighted by Gasteiger charge is 2.16. The average Bonchev–Trinajstić information content (AvgIpc) is 2.76. The van der Waals surface area contributed by atoms with Crippen molar-refractivity contribution in [3.05, 3.63) is 75.7 Å². The molecule has 1 amide bonds. The normalized spacial score (nSPS) is 14.7. The molecule has 1 aliphatic heterocycles. The van der Waals surface area contributed by atoms with Crippen LogP contribution in [0.5, 0.6) is 0 Å². The van der Waals surface area contributed by atoms with E-state index in [1.807, 2.05) is 54.7 Å². The van der Waals surface area contributed by atoms with E-state index in [4.69, 9.17) is 16.3 Å². The van der Waals surface area contributed by atoms with Crippen LogP contribution in [0.1, 0.15) is 24.8 Å². The van der Waals surface area contributed by atoms with Crippen molar-refractivity contribution in [1.82, 2.24) is 4.57 Å². The zero-order valence-corrected chi connectivity index (χ0v) is 17.5. The van der Waals surface area contributed by atoms with E-state index in [-0.39, 0.29) is 11.5 Å². The quantitative estimate of drug-likeness (QED) is 0.626. The molecule has 5 nitrogen and oxygen atoms in total. The number of amides is 1. The molecule has 2 heterocycles. The van der Waals surface area contributed by atoms with Crippen LogP contribution in [0.3, 0.4) is 0 Å². The molecule has 1 aromatic heterocycles. The summed E-state index contributed by atoms with van der Waals surface area (Å²) in [6.07, 6.45) is 4.67. The van der Waals surface area contributed by atoms with Gasteiger partial charge in [0, 0.05) is 53.9 Å². The van der Waals surface area contributed by atoms with E-state index in [9.17, 15) is 9.59 Å². The van der Waals surface area contributed by atoms with Gasteiger partial charge in [-0.3, -0.25) is 9.59 Å². The molecule has 156 valence electrons. The molecular weight excluding hydrogens is 400 g/mol. The molecule has 0 saturated carbocycles. The summed E-state index contributed by atoms with van der Waals surface area (Å²) in [7, 11) is 0. The molecule has 3 aromatic rings. The van der Waals surface area contributed by atoms with Crippen LogP contribution in [0.25, 0.3) is 10.8 Å². The number of carbonyl (C=O) groups is 1. The standard InChI is InChI=1S/C24H25ClN2O3/c25-21-6-2-1-4-18(21)8-9-23(28)26-22-7-3-5-20-19(22)10-13-27(24(20)29)16-17-11-14-30-15-12-17/h1-7,10,13,17H,8-9,11-12,14-16H2,(H,26,28). The van der Waals surface area contributed by atoms with Gasteiger partial charge in [-0.25, -0.2) is 0 Å². The Morgan fingerprint density at radius 1 is 1.07 bits per heavy atom. The number of hydrogen-bond acceptors (Lipinski definition) is 3. The van der Waals surface area contributed by atoms with Crippen molar-refractivity contribution in [2.45, 2.75) is 32.2 Å². The molecule has 0 spiro atoms. The lowest BCUT2D eigenvalue weighted by Gasteiger charge is -2.23. The van der Waals surface area contributed by atoms with Crippen molar-refractivity contribution in [3.63, 3.8) is 0 Å². The monoisotopic (exact) mass is 424 g/mol. The molecule has 4 rings (SSSR count). The van der Waals surface area contributed by atoms with Gasteiger partial charge in [0.2, 0.25) is 5.91 Å². The number of nitrogens with one attached hydrogen (secondary N) is 1. The van der Waals surface area contributed by atoms with E-state index in [2.05, 4.69) is 5.32 Å². The van der Waals surface area contributed by atoms with Crippen molar-refractivity contribution in [2.75, 3.05) is 18.5 Å². The van der Waals surface area contributed by atoms with Gasteiger partial charge in [-0.05, 0) is 55.0 Å². The summed E-state index contributed by atoms with van der Waals surface area (Å²) in [5, 5.41) is 5.00. The number of aryl methyl sites for hydroxylation is 1. The maximum absolute atomic E-state index is 13.0. The topological polar surface area (TPSA) is 60.3 Å². The third kappa shape index (κ3) is 4.74. The summed E-state index contributed by atoms with van der Waals surface area (Å²) >= 11 is 6.17. The first-order valence-electron chi connectivity index (χ1n) is 10.3. The molecule has 1 saturated heterocycles. The minimum Gasteiger partial charge on any atom is -0.381 e. The number of carbonyl (C=O) groups excluding carboxylic acids is 1. The molecule has 1 N–H and O–H groups in total. The lowest BCUT2D eigenvalue weighted by atomic mass is 10.00. The fourth-order valence-corrected chi connectivity index (χ4v) is 4.17. The fourth-order valence-electron chi connectivity index (χ4n) is 3.94. The molecule has 0 atom stereocenters. The van der Waals surface area contributed by atoms with E-state index in [1.54, 1.807) is 4.57 Å². The highest BCUT2D eigenvalue weighted by Crippen LogP contribution is 2.23. The zero-order valence-electron chi connectivity index (χ0n) is 16.8. The molecule has 30 heavy (non-hydrogen) atoms. The minimum atomic E-state index is -0.103. The number of nitrogens with zero attached hydrogens (tertiary/aromatic N) is 1. The van der Waals surface area contributed by atoms with E-state index < -0.39 is 0 Å². The molecular formula is C24H25ClN2O3. The van der Waals surface area contributed by atoms with Gasteiger partial charge >= 0.3 is 0 Å². The van der Waals surface area contributed by atoms with Gasteiger partial charge in [0.05, 0.1) is 0 Å². The van der Waals surface area contributed by atoms with Crippen LogP contribution in [-0.4, -0.2) is 23.7 Å². The lowest BCUT2D eigenvalue weighted by molar-refractivity contribution is -0.116. The van der Waals surface area contributed by atoms with Crippen LogP contribution < -0.4 is 10.9 Å². The van der Waals surface area contributed by atoms with Gasteiger partial charge in [0.25, 0.3) is 5.56 Å². The summed E-state index contributed by atoms with van der Waals surface area (Å²) in [4.78, 5) is 25.5. The lowest BCUT2D eigenvalue weighted by Crippen LogP contribution is -2.27. The fraction of sp³-hybridized carbons (Fsp3) is 0.333. The number of fused-ring (bicyclic) bond motifs is 1. The number of benzene rings is 2. The SMILES string of the molecule is O=C(CCc1ccccc1Cl)Nc1cccc2c(=O)n(CC3CCOCC3)ccc12. The van der Waals surface area contributed by atoms with Crippen LogP contribution in [0.2, 0.25) is 5.02 Å². The Morgan fingerprint density at radius 3 is 2.67 bits per heavy atom. The van der Waals surface area contributed by atoms with Crippen molar-refractivity contribution < 1.29 is 9.53 Å². The van der Waals surface area contributed by atoms with Crippen molar-refractivity contribution >= 4 is 34.0 Å². The molecule has 0 radical (unpaired) electrons. The predicted molar refractivity (Wildman–Crippen MR) is 120 cm³/mol. The van der Waals surface area contributed by atoms with Crippen LogP contribution in [0.15, 0.2) is 59.5 Å². The van der Waals surface area contributed by atoms with E-state index in [1.165, 1.54) is 0 Å². The molecule has 6 heteroatoms. The summed E-state index contributed by atoms with van der Waals surface area (Å²) in [5.41, 5.74) is 1.58. The Morgan fingerprint density at radius 2 is 1.87 bits per heavy atom. The third-order valence-corrected chi connectivity index (χ3v) is 6.04. The molecule has 0 bridgehead atoms. The molecule has 0 aliphatic carbocycles. The smallest absolute Gasteiger partial charge is 0.258 e. The maximum atomic E-state index is 13.0. The maximum Gasteiger partial charge on any atom is 0.258 e. The van der Waals surface area contributed by atoms with Crippen LogP contribution in [0.4, 0.5) is 5.69 Å². The highest BCUT2D eigenvalue weighted by molar-refractivity contribution is 6.31. The number of aromatic nitrogens is 1. The van der Waals surface area contributed by atoms with Crippen molar-refractivity contribution in [2.24, 2.45) is 5.92 Å². The molecule has 1 aliphatic rings. The number of rotatable bonds is 6. The third-order valence-electron chi connectivity index (χ3n) is 5.67. The van der Waals surface area contributed by atoms with Gasteiger partial charge in [-0.2, -0.15) is 0 Å². The first kappa shape index (κ1) is 20.6. The second kappa shape index (κ2) is 9.45. The van der Waals surface area contributed by atoms with E-state index >= 15 is 0 Å². The number of ether oxygens (including phenoxy) is 1. The predicted octanol–water partition coefficient (Wildman–Crippen LogP) is 4.65. The first-order chi connectivity index (χ1) is 14.6. The molecule has 1 fully saturated rings. The Balaban J connectivity index is 1.49. The average molecular weight is 425 g/mol.